The summed E-state index contributed by atoms with van der Waals surface area (Å²) in [6, 6.07) is 2.09. The summed E-state index contributed by atoms with van der Waals surface area (Å²) >= 11 is 0. The van der Waals surface area contributed by atoms with Gasteiger partial charge in [0.15, 0.2) is 0 Å². The van der Waals surface area contributed by atoms with Crippen molar-refractivity contribution in [3.8, 4) is 11.1 Å². The van der Waals surface area contributed by atoms with Crippen LogP contribution in [0.2, 0.25) is 0 Å². The van der Waals surface area contributed by atoms with Crippen LogP contribution in [0.4, 0.5) is 0 Å². The van der Waals surface area contributed by atoms with Gasteiger partial charge >= 0.3 is 5.97 Å². The summed E-state index contributed by atoms with van der Waals surface area (Å²) in [4.78, 5) is 11.7. The Morgan fingerprint density at radius 3 is 2.56 bits per heavy atom. The number of carbonyl (C=O) groups is 1. The number of fused-ring (bicyclic) bond motifs is 1. The number of methoxy groups -OCH3 is 1. The van der Waals surface area contributed by atoms with E-state index >= 15 is 0 Å². The molecule has 0 radical (unpaired) electrons. The first-order valence-electron chi connectivity index (χ1n) is 5.18. The summed E-state index contributed by atoms with van der Waals surface area (Å²) in [5, 5.41) is 0. The van der Waals surface area contributed by atoms with Crippen LogP contribution in [0.25, 0.3) is 11.1 Å². The molecule has 0 aromatic heterocycles. The second-order valence-corrected chi connectivity index (χ2v) is 4.13. The van der Waals surface area contributed by atoms with Crippen molar-refractivity contribution in [3.05, 3.63) is 35.2 Å². The molecule has 2 rings (SSSR count). The maximum atomic E-state index is 11.7. The van der Waals surface area contributed by atoms with E-state index in [9.17, 15) is 4.79 Å². The molecule has 1 aliphatic heterocycles. The highest BCUT2D eigenvalue weighted by Gasteiger charge is 2.20. The van der Waals surface area contributed by atoms with E-state index in [0.29, 0.717) is 5.56 Å². The average molecular weight is 217 g/mol. The molecule has 0 N–H and O–H groups in total. The Kier molecular flexibility index (Phi) is 2.46. The van der Waals surface area contributed by atoms with Crippen molar-refractivity contribution in [2.24, 2.45) is 7.05 Å². The van der Waals surface area contributed by atoms with Crippen LogP contribution in [0.1, 0.15) is 21.5 Å². The van der Waals surface area contributed by atoms with E-state index in [-0.39, 0.29) is 5.97 Å². The number of carbonyl (C=O) groups excluding carboxylic acids is 1. The Labute approximate surface area is 95.0 Å². The van der Waals surface area contributed by atoms with Crippen LogP contribution < -0.4 is 0 Å². The van der Waals surface area contributed by atoms with Gasteiger partial charge in [0, 0.05) is 30.6 Å². The van der Waals surface area contributed by atoms with Crippen molar-refractivity contribution in [1.29, 1.82) is 0 Å². The second kappa shape index (κ2) is 3.67. The van der Waals surface area contributed by atoms with E-state index in [2.05, 4.69) is 13.0 Å². The van der Waals surface area contributed by atoms with Gasteiger partial charge in [0.2, 0.25) is 0 Å². The Morgan fingerprint density at radius 2 is 1.94 bits per heavy atom. The number of pyridine rings is 1. The molecule has 0 bridgehead atoms. The van der Waals surface area contributed by atoms with Crippen molar-refractivity contribution >= 4 is 5.97 Å². The van der Waals surface area contributed by atoms with E-state index in [1.54, 1.807) is 6.20 Å². The minimum absolute atomic E-state index is 0.283. The highest BCUT2D eigenvalue weighted by molar-refractivity contribution is 5.99. The van der Waals surface area contributed by atoms with Gasteiger partial charge in [-0.05, 0) is 25.0 Å². The van der Waals surface area contributed by atoms with Crippen molar-refractivity contribution in [3.63, 3.8) is 0 Å². The first kappa shape index (κ1) is 10.7. The van der Waals surface area contributed by atoms with E-state index in [1.165, 1.54) is 12.7 Å². The van der Waals surface area contributed by atoms with Crippen LogP contribution >= 0.6 is 0 Å². The van der Waals surface area contributed by atoms with Crippen LogP contribution in [0.5, 0.6) is 0 Å². The molecule has 0 fully saturated rings. The molecule has 2 aliphatic rings. The fourth-order valence-electron chi connectivity index (χ4n) is 2.18. The Hall–Kier alpha value is -1.77. The molecule has 3 nitrogen and oxygen atoms in total. The summed E-state index contributed by atoms with van der Waals surface area (Å²) in [6.07, 6.45) is 3.84. The zero-order valence-electron chi connectivity index (χ0n) is 10.00. The lowest BCUT2D eigenvalue weighted by atomic mass is 10.0. The molecule has 0 aromatic carbocycles. The van der Waals surface area contributed by atoms with Crippen LogP contribution in [0.3, 0.4) is 0 Å². The molecule has 84 valence electrons. The molecule has 0 amide bonds. The Balaban J connectivity index is 2.77. The number of nitrogens with zero attached hydrogens (tertiary/aromatic N) is 1. The van der Waals surface area contributed by atoms with E-state index in [1.807, 2.05) is 24.7 Å². The average Bonchev–Trinajstić information content (AvgIpc) is 2.52. The molecule has 16 heavy (non-hydrogen) atoms. The topological polar surface area (TPSA) is 31.2 Å². The largest absolute Gasteiger partial charge is 0.465 e. The Morgan fingerprint density at radius 1 is 1.25 bits per heavy atom. The SMILES string of the molecule is COC(=O)c1cn(C)cc2c(C)cc(C)c1-2. The molecule has 0 aromatic rings. The lowest BCUT2D eigenvalue weighted by Crippen LogP contribution is -2.07. The van der Waals surface area contributed by atoms with E-state index < -0.39 is 0 Å². The molecule has 3 heteroatoms. The number of hydrogen-bond donors (Lipinski definition) is 0. The highest BCUT2D eigenvalue weighted by Crippen LogP contribution is 2.34. The summed E-state index contributed by atoms with van der Waals surface area (Å²) in [5.74, 6) is -0.283. The van der Waals surface area contributed by atoms with Crippen LogP contribution in [0.15, 0.2) is 18.5 Å². The predicted octanol–water partition coefficient (Wildman–Crippen LogP) is 2.53. The number of ether oxygens (including phenoxy) is 1. The third-order valence-corrected chi connectivity index (χ3v) is 2.86. The number of aromatic nitrogens is 1. The second-order valence-electron chi connectivity index (χ2n) is 4.13. The van der Waals surface area contributed by atoms with Gasteiger partial charge in [-0.25, -0.2) is 4.79 Å². The predicted molar refractivity (Wildman–Crippen MR) is 62.8 cm³/mol. The number of aryl methyl sites for hydroxylation is 3. The van der Waals surface area contributed by atoms with Gasteiger partial charge in [-0.2, -0.15) is 0 Å². The maximum absolute atomic E-state index is 11.7. The molecular formula is C13H15NO2. The summed E-state index contributed by atoms with van der Waals surface area (Å²) in [6.45, 7) is 4.07. The van der Waals surface area contributed by atoms with Gasteiger partial charge in [-0.3, -0.25) is 0 Å². The standard InChI is InChI=1S/C13H15NO2/c1-8-5-9(2)12-10(8)6-14(3)7-11(12)13(15)16-4/h5-7H,1-4H3. The zero-order valence-corrected chi connectivity index (χ0v) is 10.00. The smallest absolute Gasteiger partial charge is 0.339 e. The Bertz CT molecular complexity index is 525. The van der Waals surface area contributed by atoms with Gasteiger partial charge < -0.3 is 9.30 Å². The van der Waals surface area contributed by atoms with Gasteiger partial charge in [0.25, 0.3) is 0 Å². The quantitative estimate of drug-likeness (QED) is 0.687. The van der Waals surface area contributed by atoms with Crippen molar-refractivity contribution in [1.82, 2.24) is 4.57 Å². The van der Waals surface area contributed by atoms with Crippen molar-refractivity contribution in [2.75, 3.05) is 7.11 Å². The van der Waals surface area contributed by atoms with Crippen LogP contribution in [-0.2, 0) is 11.8 Å². The lowest BCUT2D eigenvalue weighted by Gasteiger charge is -2.11. The summed E-state index contributed by atoms with van der Waals surface area (Å²) < 4.78 is 6.70. The fourth-order valence-corrected chi connectivity index (χ4v) is 2.18. The minimum atomic E-state index is -0.283. The molecule has 0 spiro atoms. The van der Waals surface area contributed by atoms with E-state index in [4.69, 9.17) is 4.74 Å². The molecule has 0 saturated heterocycles. The monoisotopic (exact) mass is 217 g/mol. The van der Waals surface area contributed by atoms with Crippen LogP contribution in [0, 0.1) is 13.8 Å². The van der Waals surface area contributed by atoms with E-state index in [0.717, 1.165) is 16.7 Å². The number of esters is 1. The zero-order chi connectivity index (χ0) is 11.9. The lowest BCUT2D eigenvalue weighted by molar-refractivity contribution is 0.0600. The molecule has 0 atom stereocenters. The first-order valence-corrected chi connectivity index (χ1v) is 5.18. The van der Waals surface area contributed by atoms with Gasteiger partial charge in [-0.1, -0.05) is 6.07 Å². The van der Waals surface area contributed by atoms with Crippen molar-refractivity contribution in [2.45, 2.75) is 13.8 Å². The highest BCUT2D eigenvalue weighted by atomic mass is 16.5. The minimum Gasteiger partial charge on any atom is -0.465 e. The number of rotatable bonds is 1. The fraction of sp³-hybridized carbons (Fsp3) is 0.308. The normalized spacial score (nSPS) is 10.8. The summed E-state index contributed by atoms with van der Waals surface area (Å²) in [7, 11) is 3.32. The first-order chi connectivity index (χ1) is 7.54. The third-order valence-electron chi connectivity index (χ3n) is 2.86. The summed E-state index contributed by atoms with van der Waals surface area (Å²) in [5.41, 5.74) is 5.06. The maximum Gasteiger partial charge on any atom is 0.339 e. The molecule has 1 heterocycles. The van der Waals surface area contributed by atoms with Crippen molar-refractivity contribution < 1.29 is 9.53 Å². The van der Waals surface area contributed by atoms with Gasteiger partial charge in [0.05, 0.1) is 12.7 Å². The van der Waals surface area contributed by atoms with Crippen LogP contribution in [-0.4, -0.2) is 17.6 Å². The molecule has 0 saturated carbocycles. The van der Waals surface area contributed by atoms with Gasteiger partial charge in [-0.15, -0.1) is 0 Å². The van der Waals surface area contributed by atoms with Gasteiger partial charge in [0.1, 0.15) is 0 Å². The molecule has 0 unspecified atom stereocenters. The molecule has 1 aliphatic carbocycles. The molecular weight excluding hydrogens is 202 g/mol. The third kappa shape index (κ3) is 1.48. The number of hydrogen-bond acceptors (Lipinski definition) is 2.